The second kappa shape index (κ2) is 6.78. The van der Waals surface area contributed by atoms with Gasteiger partial charge in [0, 0.05) is 0 Å². The number of methoxy groups -OCH3 is 2. The number of esters is 1. The molecule has 1 amide bonds. The fourth-order valence-electron chi connectivity index (χ4n) is 1.77. The highest BCUT2D eigenvalue weighted by molar-refractivity contribution is 6.05. The predicted molar refractivity (Wildman–Crippen MR) is 72.0 cm³/mol. The Morgan fingerprint density at radius 1 is 1.16 bits per heavy atom. The summed E-state index contributed by atoms with van der Waals surface area (Å²) < 4.78 is 9.80. The maximum absolute atomic E-state index is 12.2. The fourth-order valence-corrected chi connectivity index (χ4v) is 1.77. The van der Waals surface area contributed by atoms with Crippen molar-refractivity contribution >= 4 is 17.6 Å². The number of hydrogen-bond acceptors (Lipinski definition) is 4. The SMILES string of the molecule is COC(=O)C(C(=O)Nc1ccccc1OC)C(C)C. The molecule has 0 saturated carbocycles. The Morgan fingerprint density at radius 3 is 2.32 bits per heavy atom. The van der Waals surface area contributed by atoms with Crippen LogP contribution in [0.1, 0.15) is 13.8 Å². The van der Waals surface area contributed by atoms with E-state index < -0.39 is 17.8 Å². The molecule has 0 aliphatic carbocycles. The lowest BCUT2D eigenvalue weighted by molar-refractivity contribution is -0.150. The van der Waals surface area contributed by atoms with Gasteiger partial charge in [-0.1, -0.05) is 26.0 Å². The van der Waals surface area contributed by atoms with Crippen LogP contribution >= 0.6 is 0 Å². The van der Waals surface area contributed by atoms with Crippen molar-refractivity contribution in [2.75, 3.05) is 19.5 Å². The van der Waals surface area contributed by atoms with Gasteiger partial charge in [0.1, 0.15) is 11.7 Å². The molecule has 0 radical (unpaired) electrons. The van der Waals surface area contributed by atoms with E-state index in [0.29, 0.717) is 11.4 Å². The molecule has 0 aliphatic heterocycles. The molecule has 1 aromatic rings. The first-order valence-electron chi connectivity index (χ1n) is 6.03. The van der Waals surface area contributed by atoms with Gasteiger partial charge in [0.25, 0.3) is 0 Å². The zero-order valence-corrected chi connectivity index (χ0v) is 11.6. The molecule has 19 heavy (non-hydrogen) atoms. The average molecular weight is 265 g/mol. The molecule has 5 heteroatoms. The van der Waals surface area contributed by atoms with E-state index in [0.717, 1.165) is 0 Å². The molecular formula is C14H19NO4. The number of ether oxygens (including phenoxy) is 2. The Morgan fingerprint density at radius 2 is 1.79 bits per heavy atom. The van der Waals surface area contributed by atoms with Crippen LogP contribution in [0.4, 0.5) is 5.69 Å². The van der Waals surface area contributed by atoms with Gasteiger partial charge in [-0.15, -0.1) is 0 Å². The minimum atomic E-state index is -0.838. The summed E-state index contributed by atoms with van der Waals surface area (Å²) in [6.07, 6.45) is 0. The van der Waals surface area contributed by atoms with Crippen molar-refractivity contribution in [1.82, 2.24) is 0 Å². The van der Waals surface area contributed by atoms with Crippen LogP contribution in [-0.4, -0.2) is 26.1 Å². The lowest BCUT2D eigenvalue weighted by atomic mass is 9.95. The van der Waals surface area contributed by atoms with Crippen LogP contribution in [0.3, 0.4) is 0 Å². The lowest BCUT2D eigenvalue weighted by Gasteiger charge is -2.18. The van der Waals surface area contributed by atoms with Crippen molar-refractivity contribution in [3.8, 4) is 5.75 Å². The normalized spacial score (nSPS) is 11.8. The molecule has 0 aliphatic rings. The Balaban J connectivity index is 2.90. The van der Waals surface area contributed by atoms with E-state index in [4.69, 9.17) is 4.74 Å². The average Bonchev–Trinajstić information content (AvgIpc) is 2.38. The van der Waals surface area contributed by atoms with Crippen LogP contribution in [0.15, 0.2) is 24.3 Å². The summed E-state index contributed by atoms with van der Waals surface area (Å²) in [7, 11) is 2.79. The van der Waals surface area contributed by atoms with E-state index in [1.165, 1.54) is 14.2 Å². The van der Waals surface area contributed by atoms with Crippen molar-refractivity contribution in [2.24, 2.45) is 11.8 Å². The Bertz CT molecular complexity index is 457. The topological polar surface area (TPSA) is 64.6 Å². The number of hydrogen-bond donors (Lipinski definition) is 1. The Labute approximate surface area is 112 Å². The maximum Gasteiger partial charge on any atom is 0.318 e. The first-order chi connectivity index (χ1) is 9.01. The highest BCUT2D eigenvalue weighted by Crippen LogP contribution is 2.24. The zero-order valence-electron chi connectivity index (χ0n) is 11.6. The van der Waals surface area contributed by atoms with Crippen LogP contribution in [0.5, 0.6) is 5.75 Å². The van der Waals surface area contributed by atoms with Gasteiger partial charge >= 0.3 is 5.97 Å². The number of nitrogens with one attached hydrogen (secondary N) is 1. The molecular weight excluding hydrogens is 246 g/mol. The van der Waals surface area contributed by atoms with Gasteiger partial charge in [0.2, 0.25) is 5.91 Å². The second-order valence-electron chi connectivity index (χ2n) is 4.43. The molecule has 0 fully saturated rings. The summed E-state index contributed by atoms with van der Waals surface area (Å²) in [5.41, 5.74) is 0.532. The molecule has 0 saturated heterocycles. The largest absolute Gasteiger partial charge is 0.495 e. The van der Waals surface area contributed by atoms with Gasteiger partial charge in [-0.2, -0.15) is 0 Å². The lowest BCUT2D eigenvalue weighted by Crippen LogP contribution is -2.34. The van der Waals surface area contributed by atoms with Gasteiger partial charge in [-0.05, 0) is 18.1 Å². The van der Waals surface area contributed by atoms with E-state index >= 15 is 0 Å². The van der Waals surface area contributed by atoms with Crippen LogP contribution in [0.2, 0.25) is 0 Å². The number of para-hydroxylation sites is 2. The summed E-state index contributed by atoms with van der Waals surface area (Å²) in [5, 5.41) is 2.69. The van der Waals surface area contributed by atoms with E-state index in [2.05, 4.69) is 10.1 Å². The number of benzene rings is 1. The van der Waals surface area contributed by atoms with Crippen molar-refractivity contribution in [3.63, 3.8) is 0 Å². The van der Waals surface area contributed by atoms with E-state index in [1.807, 2.05) is 0 Å². The molecule has 0 spiro atoms. The Hall–Kier alpha value is -2.04. The number of anilines is 1. The maximum atomic E-state index is 12.2. The summed E-state index contributed by atoms with van der Waals surface area (Å²) in [6, 6.07) is 7.03. The van der Waals surface area contributed by atoms with E-state index in [1.54, 1.807) is 38.1 Å². The van der Waals surface area contributed by atoms with Gasteiger partial charge in [-0.3, -0.25) is 9.59 Å². The molecule has 0 bridgehead atoms. The summed E-state index contributed by atoms with van der Waals surface area (Å²) in [6.45, 7) is 3.59. The molecule has 1 unspecified atom stereocenters. The molecule has 1 atom stereocenters. The fraction of sp³-hybridized carbons (Fsp3) is 0.429. The quantitative estimate of drug-likeness (QED) is 0.654. The monoisotopic (exact) mass is 265 g/mol. The minimum Gasteiger partial charge on any atom is -0.495 e. The highest BCUT2D eigenvalue weighted by Gasteiger charge is 2.31. The predicted octanol–water partition coefficient (Wildman–Crippen LogP) is 2.08. The number of amides is 1. The highest BCUT2D eigenvalue weighted by atomic mass is 16.5. The molecule has 104 valence electrons. The summed E-state index contributed by atoms with van der Waals surface area (Å²) in [5.74, 6) is -1.38. The van der Waals surface area contributed by atoms with Crippen LogP contribution < -0.4 is 10.1 Å². The van der Waals surface area contributed by atoms with Crippen LogP contribution in [0.25, 0.3) is 0 Å². The Kier molecular flexibility index (Phi) is 5.36. The minimum absolute atomic E-state index is 0.151. The molecule has 1 N–H and O–H groups in total. The van der Waals surface area contributed by atoms with Gasteiger partial charge in [0.05, 0.1) is 19.9 Å². The molecule has 1 rings (SSSR count). The van der Waals surface area contributed by atoms with Crippen LogP contribution in [0, 0.1) is 11.8 Å². The number of carbonyl (C=O) groups excluding carboxylic acids is 2. The third-order valence-corrected chi connectivity index (χ3v) is 2.77. The molecule has 0 heterocycles. The first-order valence-corrected chi connectivity index (χ1v) is 6.03. The summed E-state index contributed by atoms with van der Waals surface area (Å²) in [4.78, 5) is 23.8. The van der Waals surface area contributed by atoms with Gasteiger partial charge in [0.15, 0.2) is 0 Å². The number of carbonyl (C=O) groups is 2. The van der Waals surface area contributed by atoms with Gasteiger partial charge < -0.3 is 14.8 Å². The molecule has 1 aromatic carbocycles. The molecule has 0 aromatic heterocycles. The first kappa shape index (κ1) is 15.0. The number of rotatable bonds is 5. The van der Waals surface area contributed by atoms with Crippen molar-refractivity contribution < 1.29 is 19.1 Å². The zero-order chi connectivity index (χ0) is 14.4. The third-order valence-electron chi connectivity index (χ3n) is 2.77. The van der Waals surface area contributed by atoms with Crippen LogP contribution in [-0.2, 0) is 14.3 Å². The van der Waals surface area contributed by atoms with Crippen molar-refractivity contribution in [2.45, 2.75) is 13.8 Å². The van der Waals surface area contributed by atoms with Gasteiger partial charge in [-0.25, -0.2) is 0 Å². The summed E-state index contributed by atoms with van der Waals surface area (Å²) >= 11 is 0. The van der Waals surface area contributed by atoms with E-state index in [-0.39, 0.29) is 5.92 Å². The smallest absolute Gasteiger partial charge is 0.318 e. The van der Waals surface area contributed by atoms with Crippen molar-refractivity contribution in [1.29, 1.82) is 0 Å². The second-order valence-corrected chi connectivity index (χ2v) is 4.43. The van der Waals surface area contributed by atoms with Crippen molar-refractivity contribution in [3.05, 3.63) is 24.3 Å². The van der Waals surface area contributed by atoms with E-state index in [9.17, 15) is 9.59 Å². The standard InChI is InChI=1S/C14H19NO4/c1-9(2)12(14(17)19-4)13(16)15-10-7-5-6-8-11(10)18-3/h5-9,12H,1-4H3,(H,15,16). The third kappa shape index (κ3) is 3.71. The molecule has 5 nitrogen and oxygen atoms in total.